The highest BCUT2D eigenvalue weighted by atomic mass is 32.1. The number of thiazole rings is 1. The number of carbonyl (C=O) groups excluding carboxylic acids is 2. The predicted molar refractivity (Wildman–Crippen MR) is 104 cm³/mol. The predicted octanol–water partition coefficient (Wildman–Crippen LogP) is 3.50. The van der Waals surface area contributed by atoms with Gasteiger partial charge < -0.3 is 15.1 Å². The van der Waals surface area contributed by atoms with Gasteiger partial charge in [-0.1, -0.05) is 0 Å². The van der Waals surface area contributed by atoms with Crippen LogP contribution < -0.4 is 5.32 Å². The van der Waals surface area contributed by atoms with Crippen LogP contribution in [0.2, 0.25) is 0 Å². The SMILES string of the molecule is Cc1ncsc1C(=O)Nc1cc(C(=O)N2CCCN(C)CC2)cc(C(F)(F)F)c1. The van der Waals surface area contributed by atoms with Crippen LogP contribution in [0.1, 0.15) is 37.7 Å². The molecule has 0 spiro atoms. The molecule has 0 unspecified atom stereocenters. The molecule has 2 amide bonds. The van der Waals surface area contributed by atoms with E-state index in [2.05, 4.69) is 15.2 Å². The largest absolute Gasteiger partial charge is 0.416 e. The second kappa shape index (κ2) is 8.50. The fraction of sp³-hybridized carbons (Fsp3) is 0.421. The molecule has 0 atom stereocenters. The van der Waals surface area contributed by atoms with Crippen molar-refractivity contribution in [3.63, 3.8) is 0 Å². The lowest BCUT2D eigenvalue weighted by molar-refractivity contribution is -0.137. The summed E-state index contributed by atoms with van der Waals surface area (Å²) in [5, 5.41) is 2.47. The Morgan fingerprint density at radius 2 is 1.90 bits per heavy atom. The minimum atomic E-state index is -4.64. The highest BCUT2D eigenvalue weighted by Gasteiger charge is 2.33. The molecule has 0 aliphatic carbocycles. The number of aryl methyl sites for hydroxylation is 1. The van der Waals surface area contributed by atoms with E-state index in [1.54, 1.807) is 11.8 Å². The number of nitrogens with one attached hydrogen (secondary N) is 1. The third kappa shape index (κ3) is 5.13. The number of alkyl halides is 3. The van der Waals surface area contributed by atoms with Gasteiger partial charge in [-0.15, -0.1) is 11.3 Å². The van der Waals surface area contributed by atoms with E-state index in [0.29, 0.717) is 30.2 Å². The topological polar surface area (TPSA) is 65.5 Å². The van der Waals surface area contributed by atoms with E-state index < -0.39 is 23.6 Å². The molecule has 29 heavy (non-hydrogen) atoms. The van der Waals surface area contributed by atoms with E-state index in [4.69, 9.17) is 0 Å². The molecule has 0 radical (unpaired) electrons. The van der Waals surface area contributed by atoms with Crippen molar-refractivity contribution in [1.29, 1.82) is 0 Å². The quantitative estimate of drug-likeness (QED) is 0.816. The lowest BCUT2D eigenvalue weighted by Gasteiger charge is -2.22. The van der Waals surface area contributed by atoms with Gasteiger partial charge in [0, 0.05) is 30.9 Å². The molecule has 156 valence electrons. The van der Waals surface area contributed by atoms with Crippen LogP contribution in [-0.2, 0) is 6.18 Å². The lowest BCUT2D eigenvalue weighted by Crippen LogP contribution is -2.34. The monoisotopic (exact) mass is 426 g/mol. The average molecular weight is 426 g/mol. The summed E-state index contributed by atoms with van der Waals surface area (Å²) in [5.74, 6) is -1.03. The van der Waals surface area contributed by atoms with E-state index in [1.165, 1.54) is 11.6 Å². The van der Waals surface area contributed by atoms with Crippen molar-refractivity contribution in [3.8, 4) is 0 Å². The molecule has 3 rings (SSSR count). The van der Waals surface area contributed by atoms with E-state index in [9.17, 15) is 22.8 Å². The summed E-state index contributed by atoms with van der Waals surface area (Å²) in [5.41, 5.74) is 0.825. The Labute approximate surface area is 170 Å². The summed E-state index contributed by atoms with van der Waals surface area (Å²) in [6.45, 7) is 4.03. The highest BCUT2D eigenvalue weighted by Crippen LogP contribution is 2.32. The first-order valence-electron chi connectivity index (χ1n) is 9.06. The maximum absolute atomic E-state index is 13.4. The molecule has 1 aromatic carbocycles. The minimum Gasteiger partial charge on any atom is -0.337 e. The first-order chi connectivity index (χ1) is 13.6. The van der Waals surface area contributed by atoms with Crippen molar-refractivity contribution in [2.24, 2.45) is 0 Å². The van der Waals surface area contributed by atoms with Crippen LogP contribution >= 0.6 is 11.3 Å². The van der Waals surface area contributed by atoms with Crippen LogP contribution in [0.3, 0.4) is 0 Å². The van der Waals surface area contributed by atoms with Gasteiger partial charge in [-0.3, -0.25) is 9.59 Å². The van der Waals surface area contributed by atoms with Crippen LogP contribution in [0.5, 0.6) is 0 Å². The highest BCUT2D eigenvalue weighted by molar-refractivity contribution is 7.12. The summed E-state index contributed by atoms with van der Waals surface area (Å²) in [4.78, 5) is 33.2. The Balaban J connectivity index is 1.90. The second-order valence-corrected chi connectivity index (χ2v) is 7.82. The Kier molecular flexibility index (Phi) is 6.23. The summed E-state index contributed by atoms with van der Waals surface area (Å²) < 4.78 is 40.2. The summed E-state index contributed by atoms with van der Waals surface area (Å²) in [6.07, 6.45) is -3.90. The standard InChI is InChI=1S/C19H21F3N4O2S/c1-12-16(29-11-23-12)17(27)24-15-9-13(8-14(10-15)19(20,21)22)18(28)26-5-3-4-25(2)6-7-26/h8-11H,3-7H2,1-2H3,(H,24,27). The first-order valence-corrected chi connectivity index (χ1v) is 9.94. The normalized spacial score (nSPS) is 15.8. The maximum atomic E-state index is 13.4. The molecule has 6 nitrogen and oxygen atoms in total. The maximum Gasteiger partial charge on any atom is 0.416 e. The molecule has 0 bridgehead atoms. The van der Waals surface area contributed by atoms with Gasteiger partial charge in [0.05, 0.1) is 16.8 Å². The third-order valence-electron chi connectivity index (χ3n) is 4.72. The number of aromatic nitrogens is 1. The van der Waals surface area contributed by atoms with Crippen molar-refractivity contribution in [1.82, 2.24) is 14.8 Å². The molecular formula is C19H21F3N4O2S. The summed E-state index contributed by atoms with van der Waals surface area (Å²) in [6, 6.07) is 2.96. The van der Waals surface area contributed by atoms with Gasteiger partial charge in [0.2, 0.25) is 0 Å². The van der Waals surface area contributed by atoms with Crippen molar-refractivity contribution in [2.75, 3.05) is 38.5 Å². The smallest absolute Gasteiger partial charge is 0.337 e. The van der Waals surface area contributed by atoms with Crippen LogP contribution in [0.15, 0.2) is 23.7 Å². The van der Waals surface area contributed by atoms with Gasteiger partial charge >= 0.3 is 6.18 Å². The van der Waals surface area contributed by atoms with Crippen molar-refractivity contribution >= 4 is 28.8 Å². The number of nitrogens with zero attached hydrogens (tertiary/aromatic N) is 3. The van der Waals surface area contributed by atoms with Gasteiger partial charge in [-0.05, 0) is 45.1 Å². The van der Waals surface area contributed by atoms with Crippen LogP contribution in [0.25, 0.3) is 0 Å². The van der Waals surface area contributed by atoms with E-state index in [1.807, 2.05) is 7.05 Å². The molecule has 1 aromatic heterocycles. The molecule has 1 aliphatic heterocycles. The number of rotatable bonds is 3. The number of anilines is 1. The third-order valence-corrected chi connectivity index (χ3v) is 5.65. The zero-order valence-corrected chi connectivity index (χ0v) is 16.9. The second-order valence-electron chi connectivity index (χ2n) is 6.97. The summed E-state index contributed by atoms with van der Waals surface area (Å²) in [7, 11) is 1.94. The van der Waals surface area contributed by atoms with Crippen molar-refractivity contribution in [2.45, 2.75) is 19.5 Å². The van der Waals surface area contributed by atoms with Gasteiger partial charge in [0.25, 0.3) is 11.8 Å². The lowest BCUT2D eigenvalue weighted by atomic mass is 10.1. The zero-order valence-electron chi connectivity index (χ0n) is 16.0. The molecule has 2 aromatic rings. The Morgan fingerprint density at radius 1 is 1.14 bits per heavy atom. The molecule has 1 saturated heterocycles. The molecule has 1 fully saturated rings. The van der Waals surface area contributed by atoms with Crippen LogP contribution in [0.4, 0.5) is 18.9 Å². The van der Waals surface area contributed by atoms with Crippen molar-refractivity contribution < 1.29 is 22.8 Å². The minimum absolute atomic E-state index is 0.0760. The summed E-state index contributed by atoms with van der Waals surface area (Å²) >= 11 is 1.10. The molecule has 0 saturated carbocycles. The molecule has 10 heteroatoms. The van der Waals surface area contributed by atoms with Gasteiger partial charge in [0.1, 0.15) is 4.88 Å². The first kappa shape index (κ1) is 21.3. The Bertz CT molecular complexity index is 913. The molecule has 1 aliphatic rings. The Hall–Kier alpha value is -2.46. The number of amides is 2. The molecule has 2 heterocycles. The van der Waals surface area contributed by atoms with Crippen molar-refractivity contribution in [3.05, 3.63) is 45.4 Å². The Morgan fingerprint density at radius 3 is 2.55 bits per heavy atom. The van der Waals surface area contributed by atoms with E-state index in [-0.39, 0.29) is 11.3 Å². The number of hydrogen-bond donors (Lipinski definition) is 1. The van der Waals surface area contributed by atoms with Gasteiger partial charge in [-0.25, -0.2) is 4.98 Å². The number of carbonyl (C=O) groups is 2. The zero-order chi connectivity index (χ0) is 21.2. The average Bonchev–Trinajstić information content (AvgIpc) is 2.97. The number of benzene rings is 1. The molecular weight excluding hydrogens is 405 g/mol. The van der Waals surface area contributed by atoms with Gasteiger partial charge in [-0.2, -0.15) is 13.2 Å². The fourth-order valence-corrected chi connectivity index (χ4v) is 3.82. The van der Waals surface area contributed by atoms with Gasteiger partial charge in [0.15, 0.2) is 0 Å². The fourth-order valence-electron chi connectivity index (χ4n) is 3.13. The van der Waals surface area contributed by atoms with Crippen LogP contribution in [-0.4, -0.2) is 59.8 Å². The van der Waals surface area contributed by atoms with E-state index >= 15 is 0 Å². The van der Waals surface area contributed by atoms with E-state index in [0.717, 1.165) is 36.4 Å². The molecule has 1 N–H and O–H groups in total. The number of halogens is 3. The van der Waals surface area contributed by atoms with Crippen LogP contribution in [0, 0.1) is 6.92 Å². The number of likely N-dealkylation sites (N-methyl/N-ethyl adjacent to an activating group) is 1. The number of hydrogen-bond acceptors (Lipinski definition) is 5.